The topological polar surface area (TPSA) is 76.7 Å². The van der Waals surface area contributed by atoms with E-state index in [9.17, 15) is 0 Å². The molecule has 0 bridgehead atoms. The summed E-state index contributed by atoms with van der Waals surface area (Å²) in [4.78, 5) is 5.79. The number of nitrogens with two attached hydrogens (primary N) is 1. The second-order valence-corrected chi connectivity index (χ2v) is 5.64. The molecule has 2 heterocycles. The van der Waals surface area contributed by atoms with Gasteiger partial charge < -0.3 is 0 Å². The van der Waals surface area contributed by atoms with E-state index < -0.39 is 0 Å². The maximum absolute atomic E-state index is 5.72. The van der Waals surface area contributed by atoms with Crippen LogP contribution in [0.5, 0.6) is 0 Å². The lowest BCUT2D eigenvalue weighted by Gasteiger charge is -2.14. The summed E-state index contributed by atoms with van der Waals surface area (Å²) in [6.45, 7) is 2.07. The Morgan fingerprint density at radius 3 is 2.90 bits per heavy atom. The van der Waals surface area contributed by atoms with E-state index in [2.05, 4.69) is 34.1 Å². The van der Waals surface area contributed by atoms with Crippen molar-refractivity contribution in [2.45, 2.75) is 25.8 Å². The van der Waals surface area contributed by atoms with E-state index in [1.165, 1.54) is 11.5 Å². The number of nitrogens with one attached hydrogen (secondary N) is 1. The number of fused-ring (bicyclic) bond motifs is 1. The monoisotopic (exact) mass is 299 g/mol. The van der Waals surface area contributed by atoms with E-state index in [0.29, 0.717) is 0 Å². The van der Waals surface area contributed by atoms with Crippen molar-refractivity contribution in [2.75, 3.05) is 0 Å². The smallest absolute Gasteiger partial charge is 0.0801 e. The molecule has 1 aromatic carbocycles. The summed E-state index contributed by atoms with van der Waals surface area (Å²) in [5.41, 5.74) is 5.88. The molecule has 6 heteroatoms. The average Bonchev–Trinajstić information content (AvgIpc) is 3.01. The lowest BCUT2D eigenvalue weighted by molar-refractivity contribution is 0.550. The van der Waals surface area contributed by atoms with E-state index in [4.69, 9.17) is 10.8 Å². The molecule has 0 saturated carbocycles. The number of para-hydroxylation sites is 1. The van der Waals surface area contributed by atoms with Crippen molar-refractivity contribution in [2.24, 2.45) is 5.84 Å². The summed E-state index contributed by atoms with van der Waals surface area (Å²) in [7, 11) is 0. The van der Waals surface area contributed by atoms with E-state index in [-0.39, 0.29) is 6.04 Å². The van der Waals surface area contributed by atoms with Crippen LogP contribution in [0.1, 0.15) is 29.2 Å². The van der Waals surface area contributed by atoms with Crippen LogP contribution in [-0.4, -0.2) is 14.6 Å². The van der Waals surface area contributed by atoms with Crippen LogP contribution in [0.3, 0.4) is 0 Å². The number of benzene rings is 1. The van der Waals surface area contributed by atoms with Crippen LogP contribution in [0, 0.1) is 0 Å². The highest BCUT2D eigenvalue weighted by atomic mass is 32.1. The largest absolute Gasteiger partial charge is 0.271 e. The van der Waals surface area contributed by atoms with Crippen molar-refractivity contribution in [1.82, 2.24) is 20.0 Å². The molecule has 0 aliphatic rings. The molecule has 1 unspecified atom stereocenters. The summed E-state index contributed by atoms with van der Waals surface area (Å²) in [6, 6.07) is 12.2. The molecular formula is C15H17N5S. The Labute approximate surface area is 127 Å². The van der Waals surface area contributed by atoms with Gasteiger partial charge in [0.1, 0.15) is 0 Å². The average molecular weight is 299 g/mol. The maximum Gasteiger partial charge on any atom is 0.0801 e. The molecule has 0 saturated heterocycles. The third-order valence-corrected chi connectivity index (χ3v) is 4.39. The number of pyridine rings is 1. The number of rotatable bonds is 5. The molecular weight excluding hydrogens is 282 g/mol. The van der Waals surface area contributed by atoms with E-state index in [1.54, 1.807) is 0 Å². The fourth-order valence-electron chi connectivity index (χ4n) is 2.38. The van der Waals surface area contributed by atoms with Crippen LogP contribution >= 0.6 is 11.5 Å². The molecule has 0 fully saturated rings. The lowest BCUT2D eigenvalue weighted by Crippen LogP contribution is -2.29. The first-order valence-corrected chi connectivity index (χ1v) is 7.71. The normalized spacial score (nSPS) is 12.7. The number of hydrogen-bond donors (Lipinski definition) is 2. The van der Waals surface area contributed by atoms with Crippen LogP contribution in [0.25, 0.3) is 10.9 Å². The minimum atomic E-state index is -0.00591. The van der Waals surface area contributed by atoms with Gasteiger partial charge in [0.2, 0.25) is 0 Å². The van der Waals surface area contributed by atoms with Crippen molar-refractivity contribution in [3.63, 3.8) is 0 Å². The van der Waals surface area contributed by atoms with Gasteiger partial charge in [0, 0.05) is 17.5 Å². The van der Waals surface area contributed by atoms with Gasteiger partial charge in [0.05, 0.1) is 22.1 Å². The molecule has 3 N–H and O–H groups in total. The van der Waals surface area contributed by atoms with Crippen molar-refractivity contribution in [1.29, 1.82) is 0 Å². The third-order valence-electron chi connectivity index (χ3n) is 3.51. The Balaban J connectivity index is 1.88. The van der Waals surface area contributed by atoms with Gasteiger partial charge in [-0.1, -0.05) is 35.7 Å². The second kappa shape index (κ2) is 6.26. The molecule has 0 radical (unpaired) electrons. The lowest BCUT2D eigenvalue weighted by atomic mass is 10.1. The number of hydrazine groups is 1. The SMILES string of the molecule is CCc1nnsc1C(Cc1ccc2ccccc2n1)NN. The molecule has 1 atom stereocenters. The zero-order chi connectivity index (χ0) is 14.7. The maximum atomic E-state index is 5.72. The van der Waals surface area contributed by atoms with E-state index in [0.717, 1.165) is 40.0 Å². The van der Waals surface area contributed by atoms with Gasteiger partial charge >= 0.3 is 0 Å². The number of aromatic nitrogens is 3. The van der Waals surface area contributed by atoms with Crippen LogP contribution < -0.4 is 11.3 Å². The zero-order valence-corrected chi connectivity index (χ0v) is 12.6. The molecule has 3 rings (SSSR count). The summed E-state index contributed by atoms with van der Waals surface area (Å²) >= 11 is 1.40. The van der Waals surface area contributed by atoms with Gasteiger partial charge in [0.25, 0.3) is 0 Å². The predicted octanol–water partition coefficient (Wildman–Crippen LogP) is 2.40. The van der Waals surface area contributed by atoms with Gasteiger partial charge in [-0.25, -0.2) is 0 Å². The van der Waals surface area contributed by atoms with Crippen molar-refractivity contribution >= 4 is 22.4 Å². The van der Waals surface area contributed by atoms with Crippen LogP contribution in [0.15, 0.2) is 36.4 Å². The summed E-state index contributed by atoms with van der Waals surface area (Å²) in [6.07, 6.45) is 1.58. The van der Waals surface area contributed by atoms with Crippen molar-refractivity contribution < 1.29 is 0 Å². The van der Waals surface area contributed by atoms with E-state index >= 15 is 0 Å². The first-order valence-electron chi connectivity index (χ1n) is 6.93. The van der Waals surface area contributed by atoms with Crippen LogP contribution in [0.4, 0.5) is 0 Å². The molecule has 2 aromatic heterocycles. The second-order valence-electron chi connectivity index (χ2n) is 4.86. The van der Waals surface area contributed by atoms with Gasteiger partial charge in [0.15, 0.2) is 0 Å². The highest BCUT2D eigenvalue weighted by molar-refractivity contribution is 7.05. The third kappa shape index (κ3) is 2.92. The molecule has 0 aliphatic carbocycles. The zero-order valence-electron chi connectivity index (χ0n) is 11.8. The summed E-state index contributed by atoms with van der Waals surface area (Å²) < 4.78 is 4.03. The highest BCUT2D eigenvalue weighted by Crippen LogP contribution is 2.24. The van der Waals surface area contributed by atoms with Gasteiger partial charge in [-0.05, 0) is 30.1 Å². The Bertz CT molecular complexity index is 740. The number of hydrogen-bond acceptors (Lipinski definition) is 6. The molecule has 108 valence electrons. The molecule has 0 amide bonds. The van der Waals surface area contributed by atoms with Crippen LogP contribution in [0.2, 0.25) is 0 Å². The van der Waals surface area contributed by atoms with Crippen molar-refractivity contribution in [3.05, 3.63) is 52.7 Å². The van der Waals surface area contributed by atoms with E-state index in [1.807, 2.05) is 24.3 Å². The molecule has 5 nitrogen and oxygen atoms in total. The minimum absolute atomic E-state index is 0.00591. The standard InChI is InChI=1S/C15H17N5S/c1-2-12-15(21-20-19-12)14(18-16)9-11-8-7-10-5-3-4-6-13(10)17-11/h3-8,14,18H,2,9,16H2,1H3. The Hall–Kier alpha value is -1.89. The fourth-order valence-corrected chi connectivity index (χ4v) is 3.18. The summed E-state index contributed by atoms with van der Waals surface area (Å²) in [5.74, 6) is 5.72. The molecule has 0 aliphatic heterocycles. The number of nitrogens with zero attached hydrogens (tertiary/aromatic N) is 3. The predicted molar refractivity (Wildman–Crippen MR) is 84.8 cm³/mol. The Morgan fingerprint density at radius 1 is 1.24 bits per heavy atom. The fraction of sp³-hybridized carbons (Fsp3) is 0.267. The van der Waals surface area contributed by atoms with Gasteiger partial charge in [-0.3, -0.25) is 16.3 Å². The molecule has 21 heavy (non-hydrogen) atoms. The molecule has 0 spiro atoms. The van der Waals surface area contributed by atoms with Gasteiger partial charge in [-0.2, -0.15) is 0 Å². The van der Waals surface area contributed by atoms with Crippen LogP contribution in [-0.2, 0) is 12.8 Å². The van der Waals surface area contributed by atoms with Gasteiger partial charge in [-0.15, -0.1) is 5.10 Å². The van der Waals surface area contributed by atoms with Crippen molar-refractivity contribution in [3.8, 4) is 0 Å². The summed E-state index contributed by atoms with van der Waals surface area (Å²) in [5, 5.41) is 5.29. The minimum Gasteiger partial charge on any atom is -0.271 e. The quantitative estimate of drug-likeness (QED) is 0.559. The first-order chi connectivity index (χ1) is 10.3. The molecule has 3 aromatic rings. The highest BCUT2D eigenvalue weighted by Gasteiger charge is 2.18. The Kier molecular flexibility index (Phi) is 4.19. The Morgan fingerprint density at radius 2 is 2.10 bits per heavy atom. The first kappa shape index (κ1) is 14.1. The number of aryl methyl sites for hydroxylation is 1.